The molecular formula is C20H19NO5S2. The standard InChI is InChI=1S/C20H19NO5S2/c1-23-14-8-6-13(7-9-14)21-19(22)16(28-20(21)27)11-12-5-10-15(24-2)18(26-4)17(12)25-3/h5-11H,1-4H3/b16-11-. The highest BCUT2D eigenvalue weighted by atomic mass is 32.2. The average molecular weight is 418 g/mol. The van der Waals surface area contributed by atoms with Crippen LogP contribution in [0.4, 0.5) is 5.69 Å². The van der Waals surface area contributed by atoms with Crippen molar-refractivity contribution in [2.24, 2.45) is 0 Å². The maximum absolute atomic E-state index is 13.0. The molecule has 0 aliphatic carbocycles. The van der Waals surface area contributed by atoms with E-state index in [1.807, 2.05) is 0 Å². The Kier molecular flexibility index (Phi) is 6.11. The zero-order valence-electron chi connectivity index (χ0n) is 15.8. The molecule has 8 heteroatoms. The lowest BCUT2D eigenvalue weighted by molar-refractivity contribution is -0.113. The largest absolute Gasteiger partial charge is 0.497 e. The maximum Gasteiger partial charge on any atom is 0.270 e. The van der Waals surface area contributed by atoms with Gasteiger partial charge in [0.15, 0.2) is 15.8 Å². The number of thioether (sulfide) groups is 1. The van der Waals surface area contributed by atoms with Crippen molar-refractivity contribution in [1.82, 2.24) is 0 Å². The minimum atomic E-state index is -0.197. The number of methoxy groups -OCH3 is 4. The molecule has 0 unspecified atom stereocenters. The fourth-order valence-corrected chi connectivity index (χ4v) is 4.09. The minimum Gasteiger partial charge on any atom is -0.497 e. The van der Waals surface area contributed by atoms with Crippen LogP contribution in [-0.4, -0.2) is 38.7 Å². The van der Waals surface area contributed by atoms with Crippen LogP contribution >= 0.6 is 24.0 Å². The zero-order valence-corrected chi connectivity index (χ0v) is 17.5. The second-order valence-electron chi connectivity index (χ2n) is 5.64. The quantitative estimate of drug-likeness (QED) is 0.517. The van der Waals surface area contributed by atoms with Crippen molar-refractivity contribution >= 4 is 46.0 Å². The molecule has 146 valence electrons. The SMILES string of the molecule is COc1ccc(N2C(=O)/C(=C/c3ccc(OC)c(OC)c3OC)SC2=S)cc1. The highest BCUT2D eigenvalue weighted by Crippen LogP contribution is 2.43. The number of amides is 1. The van der Waals surface area contributed by atoms with Gasteiger partial charge in [0, 0.05) is 5.56 Å². The Labute approximate surface area is 173 Å². The van der Waals surface area contributed by atoms with E-state index < -0.39 is 0 Å². The van der Waals surface area contributed by atoms with Crippen LogP contribution in [-0.2, 0) is 4.79 Å². The summed E-state index contributed by atoms with van der Waals surface area (Å²) in [5.41, 5.74) is 1.38. The molecule has 0 spiro atoms. The Morgan fingerprint density at radius 1 is 0.893 bits per heavy atom. The molecule has 0 bridgehead atoms. The molecule has 1 aliphatic rings. The van der Waals surface area contributed by atoms with Crippen molar-refractivity contribution in [1.29, 1.82) is 0 Å². The molecule has 1 heterocycles. The van der Waals surface area contributed by atoms with Crippen LogP contribution in [0.5, 0.6) is 23.0 Å². The lowest BCUT2D eigenvalue weighted by Gasteiger charge is -2.15. The number of carbonyl (C=O) groups is 1. The number of carbonyl (C=O) groups excluding carboxylic acids is 1. The summed E-state index contributed by atoms with van der Waals surface area (Å²) >= 11 is 6.66. The summed E-state index contributed by atoms with van der Waals surface area (Å²) in [5.74, 6) is 2.00. The van der Waals surface area contributed by atoms with E-state index in [9.17, 15) is 4.79 Å². The third-order valence-corrected chi connectivity index (χ3v) is 5.45. The normalized spacial score (nSPS) is 15.1. The highest BCUT2D eigenvalue weighted by molar-refractivity contribution is 8.27. The van der Waals surface area contributed by atoms with Gasteiger partial charge in [-0.2, -0.15) is 0 Å². The van der Waals surface area contributed by atoms with Gasteiger partial charge in [-0.25, -0.2) is 0 Å². The molecule has 2 aromatic carbocycles. The van der Waals surface area contributed by atoms with Gasteiger partial charge in [0.25, 0.3) is 5.91 Å². The molecule has 2 aromatic rings. The third-order valence-electron chi connectivity index (χ3n) is 4.15. The Hall–Kier alpha value is -2.71. The highest BCUT2D eigenvalue weighted by Gasteiger charge is 2.33. The third kappa shape index (κ3) is 3.65. The molecule has 0 aromatic heterocycles. The van der Waals surface area contributed by atoms with Gasteiger partial charge in [-0.3, -0.25) is 9.69 Å². The zero-order chi connectivity index (χ0) is 20.3. The van der Waals surface area contributed by atoms with E-state index in [2.05, 4.69) is 0 Å². The Bertz CT molecular complexity index is 940. The van der Waals surface area contributed by atoms with Gasteiger partial charge in [-0.15, -0.1) is 0 Å². The fourth-order valence-electron chi connectivity index (χ4n) is 2.80. The van der Waals surface area contributed by atoms with Crippen molar-refractivity contribution in [2.75, 3.05) is 33.3 Å². The first-order valence-electron chi connectivity index (χ1n) is 8.25. The molecule has 0 saturated carbocycles. The molecule has 0 N–H and O–H groups in total. The first-order chi connectivity index (χ1) is 13.5. The van der Waals surface area contributed by atoms with E-state index in [1.165, 1.54) is 30.9 Å². The number of hydrogen-bond acceptors (Lipinski definition) is 7. The second kappa shape index (κ2) is 8.53. The van der Waals surface area contributed by atoms with Crippen LogP contribution in [0.3, 0.4) is 0 Å². The Morgan fingerprint density at radius 3 is 2.14 bits per heavy atom. The van der Waals surface area contributed by atoms with Crippen LogP contribution in [0.1, 0.15) is 5.56 Å². The van der Waals surface area contributed by atoms with Gasteiger partial charge in [0.1, 0.15) is 5.75 Å². The lowest BCUT2D eigenvalue weighted by atomic mass is 10.1. The number of anilines is 1. The molecule has 1 fully saturated rings. The topological polar surface area (TPSA) is 57.2 Å². The number of ether oxygens (including phenoxy) is 4. The predicted molar refractivity (Wildman–Crippen MR) is 115 cm³/mol. The summed E-state index contributed by atoms with van der Waals surface area (Å²) in [7, 11) is 6.22. The van der Waals surface area contributed by atoms with E-state index in [0.29, 0.717) is 43.5 Å². The van der Waals surface area contributed by atoms with E-state index in [4.69, 9.17) is 31.2 Å². The summed E-state index contributed by atoms with van der Waals surface area (Å²) in [6.45, 7) is 0. The number of rotatable bonds is 6. The number of nitrogens with zero attached hydrogens (tertiary/aromatic N) is 1. The molecule has 6 nitrogen and oxygen atoms in total. The monoisotopic (exact) mass is 417 g/mol. The van der Waals surface area contributed by atoms with Crippen LogP contribution in [0.2, 0.25) is 0 Å². The van der Waals surface area contributed by atoms with Crippen LogP contribution in [0.25, 0.3) is 6.08 Å². The number of hydrogen-bond donors (Lipinski definition) is 0. The van der Waals surface area contributed by atoms with Gasteiger partial charge in [0.05, 0.1) is 39.0 Å². The summed E-state index contributed by atoms with van der Waals surface area (Å²) in [6.07, 6.45) is 1.74. The van der Waals surface area contributed by atoms with E-state index >= 15 is 0 Å². The van der Waals surface area contributed by atoms with E-state index in [1.54, 1.807) is 56.7 Å². The van der Waals surface area contributed by atoms with Crippen molar-refractivity contribution in [3.05, 3.63) is 46.9 Å². The molecule has 0 radical (unpaired) electrons. The van der Waals surface area contributed by atoms with Gasteiger partial charge < -0.3 is 18.9 Å². The van der Waals surface area contributed by atoms with Crippen LogP contribution in [0.15, 0.2) is 41.3 Å². The van der Waals surface area contributed by atoms with Crippen molar-refractivity contribution in [2.45, 2.75) is 0 Å². The smallest absolute Gasteiger partial charge is 0.270 e. The van der Waals surface area contributed by atoms with Crippen molar-refractivity contribution in [3.63, 3.8) is 0 Å². The Morgan fingerprint density at radius 2 is 1.57 bits per heavy atom. The molecule has 1 saturated heterocycles. The average Bonchev–Trinajstić information content (AvgIpc) is 3.00. The minimum absolute atomic E-state index is 0.197. The summed E-state index contributed by atoms with van der Waals surface area (Å²) < 4.78 is 21.8. The summed E-state index contributed by atoms with van der Waals surface area (Å²) in [4.78, 5) is 15.0. The number of benzene rings is 2. The Balaban J connectivity index is 1.97. The molecular weight excluding hydrogens is 398 g/mol. The maximum atomic E-state index is 13.0. The van der Waals surface area contributed by atoms with Crippen molar-refractivity contribution in [3.8, 4) is 23.0 Å². The number of thiocarbonyl (C=S) groups is 1. The molecule has 1 aliphatic heterocycles. The van der Waals surface area contributed by atoms with Gasteiger partial charge in [-0.1, -0.05) is 24.0 Å². The van der Waals surface area contributed by atoms with Crippen LogP contribution < -0.4 is 23.8 Å². The first kappa shape index (κ1) is 20.0. The summed E-state index contributed by atoms with van der Waals surface area (Å²) in [5, 5.41) is 0. The fraction of sp³-hybridized carbons (Fsp3) is 0.200. The predicted octanol–water partition coefficient (Wildman–Crippen LogP) is 4.13. The first-order valence-corrected chi connectivity index (χ1v) is 9.47. The van der Waals surface area contributed by atoms with Gasteiger partial charge >= 0.3 is 0 Å². The second-order valence-corrected chi connectivity index (χ2v) is 7.31. The summed E-state index contributed by atoms with van der Waals surface area (Å²) in [6, 6.07) is 10.7. The van der Waals surface area contributed by atoms with Crippen molar-refractivity contribution < 1.29 is 23.7 Å². The molecule has 3 rings (SSSR count). The van der Waals surface area contributed by atoms with Crippen LogP contribution in [0, 0.1) is 0 Å². The molecule has 0 atom stereocenters. The van der Waals surface area contributed by atoms with E-state index in [-0.39, 0.29) is 5.91 Å². The lowest BCUT2D eigenvalue weighted by Crippen LogP contribution is -2.27. The van der Waals surface area contributed by atoms with Gasteiger partial charge in [0.2, 0.25) is 5.75 Å². The van der Waals surface area contributed by atoms with E-state index in [0.717, 1.165) is 0 Å². The molecule has 28 heavy (non-hydrogen) atoms. The van der Waals surface area contributed by atoms with Gasteiger partial charge in [-0.05, 0) is 42.5 Å². The molecule has 1 amide bonds.